The summed E-state index contributed by atoms with van der Waals surface area (Å²) in [5.41, 5.74) is 2.64. The number of H-pyrrole nitrogens is 1. The second kappa shape index (κ2) is 9.33. The first-order chi connectivity index (χ1) is 14.0. The van der Waals surface area contributed by atoms with Gasteiger partial charge >= 0.3 is 7.37 Å². The van der Waals surface area contributed by atoms with Gasteiger partial charge in [0.2, 0.25) is 0 Å². The summed E-state index contributed by atoms with van der Waals surface area (Å²) in [6.45, 7) is 10.6. The van der Waals surface area contributed by atoms with Crippen LogP contribution in [0.2, 0.25) is 0 Å². The van der Waals surface area contributed by atoms with Gasteiger partial charge < -0.3 is 9.88 Å². The molecule has 30 heavy (non-hydrogen) atoms. The molecule has 0 fully saturated rings. The lowest BCUT2D eigenvalue weighted by molar-refractivity contribution is 0.101. The van der Waals surface area contributed by atoms with Gasteiger partial charge in [0.15, 0.2) is 0 Å². The minimum absolute atomic E-state index is 0.159. The van der Waals surface area contributed by atoms with Crippen molar-refractivity contribution in [3.8, 4) is 0 Å². The minimum atomic E-state index is -4.73. The number of carbonyl (C=O) groups excluding carboxylic acids is 2. The van der Waals surface area contributed by atoms with E-state index in [0.29, 0.717) is 22.3 Å². The number of nitrogens with one attached hydrogen (secondary N) is 1. The van der Waals surface area contributed by atoms with E-state index in [1.165, 1.54) is 0 Å². The Hall–Kier alpha value is -2.82. The van der Waals surface area contributed by atoms with Crippen LogP contribution in [0.1, 0.15) is 54.1 Å². The smallest absolute Gasteiger partial charge is 0.337 e. The summed E-state index contributed by atoms with van der Waals surface area (Å²) in [4.78, 5) is 42.4. The van der Waals surface area contributed by atoms with Crippen LogP contribution < -0.4 is 0 Å². The maximum absolute atomic E-state index is 12.8. The van der Waals surface area contributed by atoms with Gasteiger partial charge in [-0.3, -0.25) is 14.2 Å². The highest BCUT2D eigenvalue weighted by molar-refractivity contribution is 7.91. The van der Waals surface area contributed by atoms with Crippen LogP contribution >= 0.6 is 7.37 Å². The van der Waals surface area contributed by atoms with Gasteiger partial charge in [-0.25, -0.2) is 4.98 Å². The maximum Gasteiger partial charge on any atom is 0.337 e. The fraction of sp³-hybridized carbons (Fsp3) is 0.261. The van der Waals surface area contributed by atoms with E-state index in [2.05, 4.69) is 9.97 Å². The van der Waals surface area contributed by atoms with Gasteiger partial charge in [0.1, 0.15) is 0 Å². The van der Waals surface area contributed by atoms with Crippen molar-refractivity contribution in [3.63, 3.8) is 0 Å². The molecule has 0 saturated heterocycles. The van der Waals surface area contributed by atoms with Crippen LogP contribution in [0.4, 0.5) is 0 Å². The van der Waals surface area contributed by atoms with E-state index < -0.39 is 18.4 Å². The molecule has 0 aliphatic carbocycles. The maximum atomic E-state index is 12.8. The number of imidazole rings is 1. The lowest BCUT2D eigenvalue weighted by Crippen LogP contribution is -2.15. The molecule has 0 amide bonds. The number of carbonyl (C=O) groups is 2. The zero-order valence-corrected chi connectivity index (χ0v) is 19.0. The fourth-order valence-corrected chi connectivity index (χ4v) is 5.14. The van der Waals surface area contributed by atoms with Crippen LogP contribution in [0.15, 0.2) is 43.0 Å². The average Bonchev–Trinajstić information content (AvgIpc) is 3.19. The standard InChI is InChI=1S/C20H23O4P.C3H4N2/c1-11-7-13(3)17(14(4)8-11)19(21)25(23,24)20(22)18-15(5)9-12(2)10-16(18)6;1-2-5-3-4-1/h7-10H,1-6H3,(H,23,24);1-3H,(H,4,5). The van der Waals surface area contributed by atoms with Crippen molar-refractivity contribution in [3.05, 3.63) is 87.5 Å². The molecule has 158 valence electrons. The summed E-state index contributed by atoms with van der Waals surface area (Å²) in [5, 5.41) is 0. The summed E-state index contributed by atoms with van der Waals surface area (Å²) in [7, 11) is -4.73. The van der Waals surface area contributed by atoms with Gasteiger partial charge in [-0.2, -0.15) is 0 Å². The molecular weight excluding hydrogens is 399 g/mol. The Balaban J connectivity index is 0.000000558. The van der Waals surface area contributed by atoms with Crippen LogP contribution in [0.5, 0.6) is 0 Å². The van der Waals surface area contributed by atoms with Gasteiger partial charge in [0.25, 0.3) is 11.0 Å². The lowest BCUT2D eigenvalue weighted by atomic mass is 10.0. The van der Waals surface area contributed by atoms with E-state index in [4.69, 9.17) is 0 Å². The molecule has 3 rings (SSSR count). The molecule has 1 heterocycles. The summed E-state index contributed by atoms with van der Waals surface area (Å²) in [6, 6.07) is 7.08. The van der Waals surface area contributed by atoms with Gasteiger partial charge in [-0.1, -0.05) is 35.4 Å². The Morgan fingerprint density at radius 2 is 1.17 bits per heavy atom. The number of benzene rings is 2. The van der Waals surface area contributed by atoms with Crippen molar-refractivity contribution in [2.24, 2.45) is 0 Å². The second-order valence-corrected chi connectivity index (χ2v) is 9.46. The highest BCUT2D eigenvalue weighted by Gasteiger charge is 2.41. The van der Waals surface area contributed by atoms with Crippen molar-refractivity contribution in [2.75, 3.05) is 0 Å². The van der Waals surface area contributed by atoms with Crippen molar-refractivity contribution < 1.29 is 19.0 Å². The Labute approximate surface area is 176 Å². The normalized spacial score (nSPS) is 10.9. The molecule has 0 spiro atoms. The molecule has 2 N–H and O–H groups in total. The van der Waals surface area contributed by atoms with Crippen LogP contribution in [0.3, 0.4) is 0 Å². The molecule has 0 aliphatic heterocycles. The van der Waals surface area contributed by atoms with E-state index in [0.717, 1.165) is 11.1 Å². The number of aryl methyl sites for hydroxylation is 6. The molecule has 0 bridgehead atoms. The monoisotopic (exact) mass is 426 g/mol. The highest BCUT2D eigenvalue weighted by Crippen LogP contribution is 2.49. The molecule has 0 atom stereocenters. The summed E-state index contributed by atoms with van der Waals surface area (Å²) >= 11 is 0. The zero-order valence-electron chi connectivity index (χ0n) is 18.1. The van der Waals surface area contributed by atoms with Gasteiger partial charge in [-0.15, -0.1) is 0 Å². The Bertz CT molecular complexity index is 997. The molecule has 0 radical (unpaired) electrons. The third kappa shape index (κ3) is 5.02. The van der Waals surface area contributed by atoms with Crippen molar-refractivity contribution in [2.45, 2.75) is 41.5 Å². The first kappa shape index (κ1) is 23.5. The molecule has 1 aromatic heterocycles. The quantitative estimate of drug-likeness (QED) is 0.559. The molecule has 0 unspecified atom stereocenters. The van der Waals surface area contributed by atoms with Gasteiger partial charge in [0.05, 0.1) is 6.33 Å². The Kier molecular flexibility index (Phi) is 7.30. The van der Waals surface area contributed by atoms with Crippen molar-refractivity contribution >= 4 is 18.4 Å². The number of aromatic nitrogens is 2. The minimum Gasteiger partial charge on any atom is -0.351 e. The molecule has 0 saturated carbocycles. The first-order valence-electron chi connectivity index (χ1n) is 9.47. The largest absolute Gasteiger partial charge is 0.351 e. The van der Waals surface area contributed by atoms with Gasteiger partial charge in [0, 0.05) is 23.5 Å². The average molecular weight is 426 g/mol. The lowest BCUT2D eigenvalue weighted by Gasteiger charge is -2.16. The van der Waals surface area contributed by atoms with Crippen molar-refractivity contribution in [1.29, 1.82) is 0 Å². The number of hydrogen-bond donors (Lipinski definition) is 2. The molecule has 7 heteroatoms. The predicted octanol–water partition coefficient (Wildman–Crippen LogP) is 5.20. The summed E-state index contributed by atoms with van der Waals surface area (Å²) in [6.07, 6.45) is 5.08. The van der Waals surface area contributed by atoms with Crippen LogP contribution in [-0.4, -0.2) is 25.9 Å². The van der Waals surface area contributed by atoms with E-state index in [9.17, 15) is 19.0 Å². The topological polar surface area (TPSA) is 100 Å². The molecule has 2 aromatic carbocycles. The Morgan fingerprint density at radius 3 is 1.40 bits per heavy atom. The molecule has 0 aliphatic rings. The van der Waals surface area contributed by atoms with Crippen LogP contribution in [-0.2, 0) is 4.57 Å². The predicted molar refractivity (Wildman–Crippen MR) is 118 cm³/mol. The van der Waals surface area contributed by atoms with Gasteiger partial charge in [-0.05, 0) is 63.8 Å². The third-order valence-electron chi connectivity index (χ3n) is 4.74. The first-order valence-corrected chi connectivity index (χ1v) is 11.1. The number of rotatable bonds is 4. The van der Waals surface area contributed by atoms with E-state index in [1.54, 1.807) is 70.7 Å². The van der Waals surface area contributed by atoms with Crippen LogP contribution in [0.25, 0.3) is 0 Å². The molecule has 6 nitrogen and oxygen atoms in total. The summed E-state index contributed by atoms with van der Waals surface area (Å²) < 4.78 is 12.8. The Morgan fingerprint density at radius 1 is 0.800 bits per heavy atom. The fourth-order valence-electron chi connectivity index (χ4n) is 3.65. The summed E-state index contributed by atoms with van der Waals surface area (Å²) in [5.74, 6) is 0. The number of aromatic amines is 1. The molecule has 3 aromatic rings. The molecular formula is C23H27N2O4P. The van der Waals surface area contributed by atoms with Crippen molar-refractivity contribution in [1.82, 2.24) is 9.97 Å². The zero-order chi connectivity index (χ0) is 22.6. The highest BCUT2D eigenvalue weighted by atomic mass is 31.2. The van der Waals surface area contributed by atoms with E-state index in [-0.39, 0.29) is 11.1 Å². The number of hydrogen-bond acceptors (Lipinski definition) is 4. The second-order valence-electron chi connectivity index (χ2n) is 7.49. The SMILES string of the molecule is Cc1cc(C)c(C(=O)P(=O)(O)C(=O)c2c(C)cc(C)cc2C)c(C)c1.c1c[nH]cn1. The van der Waals surface area contributed by atoms with Crippen LogP contribution in [0, 0.1) is 41.5 Å². The van der Waals surface area contributed by atoms with E-state index >= 15 is 0 Å². The van der Waals surface area contributed by atoms with E-state index in [1.807, 2.05) is 13.8 Å². The number of nitrogens with zero attached hydrogens (tertiary/aromatic N) is 1. The third-order valence-corrected chi connectivity index (χ3v) is 6.29.